The molecule has 8 nitrogen and oxygen atoms in total. The zero-order chi connectivity index (χ0) is 24.5. The Labute approximate surface area is 205 Å². The first-order chi connectivity index (χ1) is 17.0. The minimum atomic E-state index is -0.793. The zero-order valence-electron chi connectivity index (χ0n) is 20.0. The molecule has 4 N–H and O–H groups in total. The quantitative estimate of drug-likeness (QED) is 0.558. The van der Waals surface area contributed by atoms with Crippen LogP contribution in [0.25, 0.3) is 0 Å². The van der Waals surface area contributed by atoms with Gasteiger partial charge in [0.1, 0.15) is 5.75 Å². The van der Waals surface area contributed by atoms with E-state index < -0.39 is 12.0 Å². The summed E-state index contributed by atoms with van der Waals surface area (Å²) < 4.78 is 11.6. The lowest BCUT2D eigenvalue weighted by Crippen LogP contribution is -2.49. The van der Waals surface area contributed by atoms with Gasteiger partial charge < -0.3 is 30.5 Å². The van der Waals surface area contributed by atoms with Gasteiger partial charge in [-0.15, -0.1) is 0 Å². The number of benzene rings is 2. The fourth-order valence-corrected chi connectivity index (χ4v) is 5.74. The number of morpholine rings is 1. The van der Waals surface area contributed by atoms with E-state index in [9.17, 15) is 14.7 Å². The molecule has 4 atom stereocenters. The molecule has 0 spiro atoms. The van der Waals surface area contributed by atoms with Crippen LogP contribution < -0.4 is 15.8 Å². The first kappa shape index (κ1) is 23.8. The Morgan fingerprint density at radius 2 is 1.83 bits per heavy atom. The summed E-state index contributed by atoms with van der Waals surface area (Å²) in [4.78, 5) is 28.0. The predicted molar refractivity (Wildman–Crippen MR) is 130 cm³/mol. The minimum Gasteiger partial charge on any atom is -0.493 e. The maximum atomic E-state index is 13.8. The van der Waals surface area contributed by atoms with E-state index in [4.69, 9.17) is 15.2 Å². The first-order valence-corrected chi connectivity index (χ1v) is 12.4. The SMILES string of the molecule is CCOc1c(C(N)=O)ccc(C(=O)N2C3CCC2COC3)c1CC(O)C1Cc2ccccc2CN1. The van der Waals surface area contributed by atoms with Crippen molar-refractivity contribution in [2.75, 3.05) is 19.8 Å². The van der Waals surface area contributed by atoms with Crippen LogP contribution >= 0.6 is 0 Å². The highest BCUT2D eigenvalue weighted by atomic mass is 16.5. The van der Waals surface area contributed by atoms with Crippen molar-refractivity contribution in [2.24, 2.45) is 5.73 Å². The van der Waals surface area contributed by atoms with Crippen molar-refractivity contribution >= 4 is 11.8 Å². The first-order valence-electron chi connectivity index (χ1n) is 12.4. The summed E-state index contributed by atoms with van der Waals surface area (Å²) in [5.41, 5.74) is 9.29. The van der Waals surface area contributed by atoms with Crippen LogP contribution in [0.2, 0.25) is 0 Å². The molecule has 2 aromatic rings. The molecule has 2 amide bonds. The van der Waals surface area contributed by atoms with E-state index >= 15 is 0 Å². The van der Waals surface area contributed by atoms with Crippen molar-refractivity contribution in [2.45, 2.75) is 63.4 Å². The number of nitrogens with two attached hydrogens (primary N) is 1. The lowest BCUT2D eigenvalue weighted by atomic mass is 9.88. The molecule has 0 aromatic heterocycles. The van der Waals surface area contributed by atoms with Gasteiger partial charge in [0.15, 0.2) is 0 Å². The van der Waals surface area contributed by atoms with Gasteiger partial charge in [-0.1, -0.05) is 24.3 Å². The van der Waals surface area contributed by atoms with E-state index in [-0.39, 0.29) is 36.0 Å². The van der Waals surface area contributed by atoms with E-state index in [1.54, 1.807) is 12.1 Å². The second-order valence-corrected chi connectivity index (χ2v) is 9.63. The topological polar surface area (TPSA) is 114 Å². The molecule has 2 bridgehead atoms. The van der Waals surface area contributed by atoms with Gasteiger partial charge in [0, 0.05) is 30.1 Å². The summed E-state index contributed by atoms with van der Waals surface area (Å²) in [7, 11) is 0. The molecule has 2 fully saturated rings. The number of aliphatic hydroxyl groups is 1. The van der Waals surface area contributed by atoms with Crippen molar-refractivity contribution in [3.05, 3.63) is 64.2 Å². The van der Waals surface area contributed by atoms with Crippen LogP contribution in [-0.4, -0.2) is 65.9 Å². The molecule has 2 saturated heterocycles. The third-order valence-electron chi connectivity index (χ3n) is 7.51. The zero-order valence-corrected chi connectivity index (χ0v) is 20.0. The number of ether oxygens (including phenoxy) is 2. The summed E-state index contributed by atoms with van der Waals surface area (Å²) in [6.07, 6.45) is 1.87. The molecule has 0 saturated carbocycles. The van der Waals surface area contributed by atoms with Gasteiger partial charge in [-0.2, -0.15) is 0 Å². The molecule has 3 aliphatic heterocycles. The molecule has 0 aliphatic carbocycles. The maximum Gasteiger partial charge on any atom is 0.254 e. The summed E-state index contributed by atoms with van der Waals surface area (Å²) in [5.74, 6) is -0.442. The number of fused-ring (bicyclic) bond motifs is 3. The molecule has 5 rings (SSSR count). The van der Waals surface area contributed by atoms with Gasteiger partial charge >= 0.3 is 0 Å². The molecule has 4 unspecified atom stereocenters. The van der Waals surface area contributed by atoms with E-state index in [1.165, 1.54) is 11.1 Å². The van der Waals surface area contributed by atoms with E-state index in [2.05, 4.69) is 17.4 Å². The Morgan fingerprint density at radius 3 is 2.51 bits per heavy atom. The Bertz CT molecular complexity index is 1100. The van der Waals surface area contributed by atoms with Crippen LogP contribution in [0.1, 0.15) is 57.2 Å². The standard InChI is InChI=1S/C27H33N3O5/c1-2-35-25-21(26(28)32)10-9-20(27(33)30-18-7-8-19(30)15-34-14-18)22(25)12-24(31)23-11-16-5-3-4-6-17(16)13-29-23/h3-6,9-10,18-19,23-24,29,31H,2,7-8,11-15H2,1H3,(H2,28,32). The van der Waals surface area contributed by atoms with Crippen LogP contribution in [0, 0.1) is 0 Å². The molecular weight excluding hydrogens is 446 g/mol. The van der Waals surface area contributed by atoms with E-state index in [1.807, 2.05) is 24.0 Å². The van der Waals surface area contributed by atoms with E-state index in [0.717, 1.165) is 12.8 Å². The molecule has 35 heavy (non-hydrogen) atoms. The number of nitrogens with zero attached hydrogens (tertiary/aromatic N) is 1. The van der Waals surface area contributed by atoms with Gasteiger partial charge in [0.05, 0.1) is 43.6 Å². The highest BCUT2D eigenvalue weighted by molar-refractivity contribution is 6.01. The Balaban J connectivity index is 1.49. The smallest absolute Gasteiger partial charge is 0.254 e. The number of hydrogen-bond acceptors (Lipinski definition) is 6. The van der Waals surface area contributed by atoms with Crippen LogP contribution in [0.15, 0.2) is 36.4 Å². The van der Waals surface area contributed by atoms with Gasteiger partial charge in [0.25, 0.3) is 11.8 Å². The second-order valence-electron chi connectivity index (χ2n) is 9.63. The van der Waals surface area contributed by atoms with Crippen molar-refractivity contribution in [1.82, 2.24) is 10.2 Å². The van der Waals surface area contributed by atoms with Gasteiger partial charge in [-0.25, -0.2) is 0 Å². The van der Waals surface area contributed by atoms with Crippen LogP contribution in [0.3, 0.4) is 0 Å². The number of primary amides is 1. The molecular formula is C27H33N3O5. The fraction of sp³-hybridized carbons (Fsp3) is 0.481. The van der Waals surface area contributed by atoms with Crippen LogP contribution in [0.5, 0.6) is 5.75 Å². The van der Waals surface area contributed by atoms with E-state index in [0.29, 0.717) is 49.7 Å². The lowest BCUT2D eigenvalue weighted by Gasteiger charge is -2.36. The van der Waals surface area contributed by atoms with Crippen LogP contribution in [-0.2, 0) is 24.1 Å². The average Bonchev–Trinajstić information content (AvgIpc) is 3.11. The number of nitrogens with one attached hydrogen (secondary N) is 1. The molecule has 0 radical (unpaired) electrons. The van der Waals surface area contributed by atoms with Gasteiger partial charge in [-0.3, -0.25) is 9.59 Å². The normalized spacial score (nSPS) is 24.1. The predicted octanol–water partition coefficient (Wildman–Crippen LogP) is 1.81. The van der Waals surface area contributed by atoms with Crippen molar-refractivity contribution in [3.63, 3.8) is 0 Å². The third-order valence-corrected chi connectivity index (χ3v) is 7.51. The Hall–Kier alpha value is -2.94. The molecule has 3 aliphatic rings. The average molecular weight is 480 g/mol. The lowest BCUT2D eigenvalue weighted by molar-refractivity contribution is -0.00728. The largest absolute Gasteiger partial charge is 0.493 e. The monoisotopic (exact) mass is 479 g/mol. The van der Waals surface area contributed by atoms with Gasteiger partial charge in [0.2, 0.25) is 0 Å². The van der Waals surface area contributed by atoms with Crippen molar-refractivity contribution in [3.8, 4) is 5.75 Å². The Kier molecular flexibility index (Phi) is 6.77. The maximum absolute atomic E-state index is 13.8. The molecule has 186 valence electrons. The highest BCUT2D eigenvalue weighted by Gasteiger charge is 2.42. The number of rotatable bonds is 7. The summed E-state index contributed by atoms with van der Waals surface area (Å²) >= 11 is 0. The molecule has 2 aromatic carbocycles. The number of amides is 2. The number of carbonyl (C=O) groups excluding carboxylic acids is 2. The van der Waals surface area contributed by atoms with Crippen molar-refractivity contribution < 1.29 is 24.2 Å². The minimum absolute atomic E-state index is 0.0434. The highest BCUT2D eigenvalue weighted by Crippen LogP contribution is 2.35. The molecule has 8 heteroatoms. The second kappa shape index (κ2) is 9.97. The van der Waals surface area contributed by atoms with Crippen LogP contribution in [0.4, 0.5) is 0 Å². The number of hydrogen-bond donors (Lipinski definition) is 3. The summed E-state index contributed by atoms with van der Waals surface area (Å²) in [6.45, 7) is 3.85. The number of aliphatic hydroxyl groups excluding tert-OH is 1. The number of carbonyl (C=O) groups is 2. The van der Waals surface area contributed by atoms with Gasteiger partial charge in [-0.05, 0) is 49.4 Å². The Morgan fingerprint density at radius 1 is 1.14 bits per heavy atom. The fourth-order valence-electron chi connectivity index (χ4n) is 5.74. The third kappa shape index (κ3) is 4.53. The summed E-state index contributed by atoms with van der Waals surface area (Å²) in [5, 5.41) is 14.8. The molecule has 3 heterocycles. The summed E-state index contributed by atoms with van der Waals surface area (Å²) in [6, 6.07) is 11.3. The van der Waals surface area contributed by atoms with Crippen molar-refractivity contribution in [1.29, 1.82) is 0 Å².